The first-order chi connectivity index (χ1) is 11.2. The Morgan fingerprint density at radius 3 is 2.42 bits per heavy atom. The molecule has 3 rings (SSSR count). The van der Waals surface area contributed by atoms with E-state index in [-0.39, 0.29) is 24.0 Å². The average Bonchev–Trinajstić information content (AvgIpc) is 3.01. The lowest BCUT2D eigenvalue weighted by Crippen LogP contribution is -2.47. The number of benzene rings is 1. The van der Waals surface area contributed by atoms with Crippen LogP contribution in [0.4, 0.5) is 0 Å². The zero-order chi connectivity index (χ0) is 16.1. The molecule has 0 bridgehead atoms. The van der Waals surface area contributed by atoms with Gasteiger partial charge < -0.3 is 10.2 Å². The predicted octanol–water partition coefficient (Wildman–Crippen LogP) is 3.19. The molecule has 2 heterocycles. The summed E-state index contributed by atoms with van der Waals surface area (Å²) in [4.78, 5) is 9.39. The molecule has 0 atom stereocenters. The molecular weight excluding hydrogens is 411 g/mol. The number of nitrogens with one attached hydrogen (secondary N) is 1. The van der Waals surface area contributed by atoms with Crippen molar-refractivity contribution in [1.29, 1.82) is 0 Å². The van der Waals surface area contributed by atoms with Crippen LogP contribution in [0.3, 0.4) is 0 Å². The van der Waals surface area contributed by atoms with E-state index < -0.39 is 0 Å². The van der Waals surface area contributed by atoms with Gasteiger partial charge in [-0.3, -0.25) is 9.89 Å². The summed E-state index contributed by atoms with van der Waals surface area (Å²) >= 11 is 0. The van der Waals surface area contributed by atoms with Crippen LogP contribution < -0.4 is 5.32 Å². The Morgan fingerprint density at radius 1 is 1.12 bits per heavy atom. The van der Waals surface area contributed by atoms with Crippen molar-refractivity contribution in [3.05, 3.63) is 35.9 Å². The molecule has 0 saturated carbocycles. The molecular formula is C19H31IN4. The third-order valence-electron chi connectivity index (χ3n) is 5.60. The van der Waals surface area contributed by atoms with Crippen molar-refractivity contribution in [1.82, 2.24) is 15.1 Å². The summed E-state index contributed by atoms with van der Waals surface area (Å²) in [6.07, 6.45) is 3.80. The standard InChI is InChI=1S/C19H30N4.HI/c1-3-19(16-21-18-20-11-14-22(18)2)9-12-23(13-10-19)15-17-7-5-4-6-8-17;/h4-8H,3,9-16H2,1-2H3,(H,20,21);1H. The molecule has 0 aliphatic carbocycles. The summed E-state index contributed by atoms with van der Waals surface area (Å²) in [6.45, 7) is 8.87. The number of hydrogen-bond acceptors (Lipinski definition) is 4. The normalized spacial score (nSPS) is 20.4. The minimum Gasteiger partial charge on any atom is -0.356 e. The molecule has 134 valence electrons. The molecule has 1 aromatic rings. The quantitative estimate of drug-likeness (QED) is 0.711. The van der Waals surface area contributed by atoms with E-state index in [4.69, 9.17) is 0 Å². The fourth-order valence-corrected chi connectivity index (χ4v) is 3.67. The number of piperidine rings is 1. The second-order valence-corrected chi connectivity index (χ2v) is 7.10. The van der Waals surface area contributed by atoms with Gasteiger partial charge in [-0.15, -0.1) is 24.0 Å². The summed E-state index contributed by atoms with van der Waals surface area (Å²) < 4.78 is 0. The van der Waals surface area contributed by atoms with Gasteiger partial charge in [-0.1, -0.05) is 37.3 Å². The van der Waals surface area contributed by atoms with Crippen LogP contribution in [0.2, 0.25) is 0 Å². The van der Waals surface area contributed by atoms with Crippen molar-refractivity contribution in [3.8, 4) is 0 Å². The van der Waals surface area contributed by atoms with E-state index >= 15 is 0 Å². The molecule has 1 aromatic carbocycles. The van der Waals surface area contributed by atoms with Gasteiger partial charge in [0.1, 0.15) is 0 Å². The van der Waals surface area contributed by atoms with Crippen molar-refractivity contribution < 1.29 is 0 Å². The Kier molecular flexibility index (Phi) is 7.34. The second kappa shape index (κ2) is 9.04. The number of halogens is 1. The van der Waals surface area contributed by atoms with E-state index in [1.807, 2.05) is 0 Å². The fraction of sp³-hybridized carbons (Fsp3) is 0.632. The van der Waals surface area contributed by atoms with Gasteiger partial charge in [0.25, 0.3) is 0 Å². The Balaban J connectivity index is 0.00000208. The van der Waals surface area contributed by atoms with Gasteiger partial charge in [0.2, 0.25) is 0 Å². The maximum atomic E-state index is 4.56. The molecule has 0 radical (unpaired) electrons. The van der Waals surface area contributed by atoms with Gasteiger partial charge in [0.15, 0.2) is 5.96 Å². The SMILES string of the molecule is CCC1(CNC2=NCCN2C)CCN(Cc2ccccc2)CC1.I. The minimum atomic E-state index is 0. The zero-order valence-corrected chi connectivity index (χ0v) is 17.3. The summed E-state index contributed by atoms with van der Waals surface area (Å²) in [5, 5.41) is 3.61. The first-order valence-electron chi connectivity index (χ1n) is 8.96. The lowest BCUT2D eigenvalue weighted by Gasteiger charge is -2.42. The number of likely N-dealkylation sites (N-methyl/N-ethyl adjacent to an activating group) is 1. The van der Waals surface area contributed by atoms with Crippen molar-refractivity contribution in [3.63, 3.8) is 0 Å². The lowest BCUT2D eigenvalue weighted by molar-refractivity contribution is 0.0967. The van der Waals surface area contributed by atoms with E-state index in [0.717, 1.165) is 32.1 Å². The van der Waals surface area contributed by atoms with Crippen LogP contribution in [0.15, 0.2) is 35.3 Å². The maximum Gasteiger partial charge on any atom is 0.193 e. The third kappa shape index (κ3) is 4.85. The van der Waals surface area contributed by atoms with Crippen molar-refractivity contribution in [2.45, 2.75) is 32.7 Å². The number of guanidine groups is 1. The summed E-state index contributed by atoms with van der Waals surface area (Å²) in [5.41, 5.74) is 1.86. The highest BCUT2D eigenvalue weighted by molar-refractivity contribution is 14.0. The van der Waals surface area contributed by atoms with E-state index in [9.17, 15) is 0 Å². The first-order valence-corrected chi connectivity index (χ1v) is 8.96. The molecule has 0 aromatic heterocycles. The summed E-state index contributed by atoms with van der Waals surface area (Å²) in [7, 11) is 2.12. The van der Waals surface area contributed by atoms with E-state index in [2.05, 4.69) is 64.4 Å². The molecule has 5 heteroatoms. The largest absolute Gasteiger partial charge is 0.356 e. The number of likely N-dealkylation sites (tertiary alicyclic amines) is 1. The Hall–Kier alpha value is -0.820. The third-order valence-corrected chi connectivity index (χ3v) is 5.60. The van der Waals surface area contributed by atoms with Gasteiger partial charge in [-0.05, 0) is 43.3 Å². The van der Waals surface area contributed by atoms with Crippen LogP contribution in [0, 0.1) is 5.41 Å². The maximum absolute atomic E-state index is 4.56. The molecule has 4 nitrogen and oxygen atoms in total. The van der Waals surface area contributed by atoms with Gasteiger partial charge in [0.05, 0.1) is 6.54 Å². The molecule has 2 aliphatic heterocycles. The Bertz CT molecular complexity index is 523. The molecule has 0 spiro atoms. The van der Waals surface area contributed by atoms with Crippen LogP contribution in [-0.2, 0) is 6.54 Å². The van der Waals surface area contributed by atoms with Gasteiger partial charge in [-0.2, -0.15) is 0 Å². The average molecular weight is 442 g/mol. The monoisotopic (exact) mass is 442 g/mol. The summed E-state index contributed by atoms with van der Waals surface area (Å²) in [6, 6.07) is 10.8. The Labute approximate surface area is 163 Å². The van der Waals surface area contributed by atoms with Crippen LogP contribution in [0.1, 0.15) is 31.7 Å². The number of nitrogens with zero attached hydrogens (tertiary/aromatic N) is 3. The molecule has 1 N–H and O–H groups in total. The highest BCUT2D eigenvalue weighted by atomic mass is 127. The number of rotatable bonds is 5. The molecule has 0 unspecified atom stereocenters. The first kappa shape index (κ1) is 19.5. The highest BCUT2D eigenvalue weighted by Crippen LogP contribution is 2.34. The van der Waals surface area contributed by atoms with E-state index in [1.165, 1.54) is 37.9 Å². The molecule has 0 amide bonds. The lowest BCUT2D eigenvalue weighted by atomic mass is 9.76. The number of hydrogen-bond donors (Lipinski definition) is 1. The predicted molar refractivity (Wildman–Crippen MR) is 112 cm³/mol. The molecule has 1 fully saturated rings. The Morgan fingerprint density at radius 2 is 1.83 bits per heavy atom. The zero-order valence-electron chi connectivity index (χ0n) is 15.0. The van der Waals surface area contributed by atoms with Crippen LogP contribution in [0.5, 0.6) is 0 Å². The van der Waals surface area contributed by atoms with Crippen molar-refractivity contribution in [2.75, 3.05) is 39.8 Å². The van der Waals surface area contributed by atoms with E-state index in [1.54, 1.807) is 0 Å². The summed E-state index contributed by atoms with van der Waals surface area (Å²) in [5.74, 6) is 1.09. The highest BCUT2D eigenvalue weighted by Gasteiger charge is 2.33. The van der Waals surface area contributed by atoms with Crippen LogP contribution in [-0.4, -0.2) is 55.5 Å². The van der Waals surface area contributed by atoms with Crippen molar-refractivity contribution >= 4 is 29.9 Å². The fourth-order valence-electron chi connectivity index (χ4n) is 3.67. The van der Waals surface area contributed by atoms with E-state index in [0.29, 0.717) is 5.41 Å². The minimum absolute atomic E-state index is 0. The van der Waals surface area contributed by atoms with Crippen LogP contribution in [0.25, 0.3) is 0 Å². The van der Waals surface area contributed by atoms with Crippen molar-refractivity contribution in [2.24, 2.45) is 10.4 Å². The van der Waals surface area contributed by atoms with Gasteiger partial charge in [-0.25, -0.2) is 0 Å². The topological polar surface area (TPSA) is 30.9 Å². The molecule has 2 aliphatic rings. The molecule has 24 heavy (non-hydrogen) atoms. The smallest absolute Gasteiger partial charge is 0.193 e. The van der Waals surface area contributed by atoms with Crippen LogP contribution >= 0.6 is 24.0 Å². The molecule has 1 saturated heterocycles. The van der Waals surface area contributed by atoms with Gasteiger partial charge in [0, 0.05) is 26.7 Å². The second-order valence-electron chi connectivity index (χ2n) is 7.10. The number of aliphatic imine (C=N–C) groups is 1. The van der Waals surface area contributed by atoms with Gasteiger partial charge >= 0.3 is 0 Å².